The van der Waals surface area contributed by atoms with E-state index in [0.717, 1.165) is 11.4 Å². The van der Waals surface area contributed by atoms with Crippen LogP contribution in [0.3, 0.4) is 0 Å². The van der Waals surface area contributed by atoms with Crippen molar-refractivity contribution in [1.29, 1.82) is 0 Å². The van der Waals surface area contributed by atoms with Gasteiger partial charge in [-0.15, -0.1) is 5.11 Å². The molecule has 0 spiro atoms. The van der Waals surface area contributed by atoms with Gasteiger partial charge in [0.1, 0.15) is 5.69 Å². The topological polar surface area (TPSA) is 91.1 Å². The molecule has 0 aliphatic heterocycles. The lowest BCUT2D eigenvalue weighted by atomic mass is 10.1. The van der Waals surface area contributed by atoms with E-state index in [2.05, 4.69) is 15.5 Å². The summed E-state index contributed by atoms with van der Waals surface area (Å²) in [5.74, 6) is -0.909. The Hall–Kier alpha value is -3.54. The molecule has 0 aromatic heterocycles. The molecule has 0 amide bonds. The molecule has 0 saturated heterocycles. The van der Waals surface area contributed by atoms with Crippen LogP contribution in [0.1, 0.15) is 16.8 Å². The molecule has 6 nitrogen and oxygen atoms in total. The van der Waals surface area contributed by atoms with Crippen molar-refractivity contribution in [3.8, 4) is 0 Å². The number of para-hydroxylation sites is 1. The Bertz CT molecular complexity index is 896. The number of carbonyl (C=O) groups is 2. The summed E-state index contributed by atoms with van der Waals surface area (Å²) in [5, 5.41) is 20.5. The minimum atomic E-state index is -0.981. The van der Waals surface area contributed by atoms with Gasteiger partial charge in [-0.1, -0.05) is 18.2 Å². The molecule has 3 rings (SSSR count). The third-order valence-electron chi connectivity index (χ3n) is 3.54. The first kappa shape index (κ1) is 16.3. The number of ketones is 1. The molecule has 0 radical (unpaired) electrons. The van der Waals surface area contributed by atoms with Gasteiger partial charge < -0.3 is 10.4 Å². The minimum absolute atomic E-state index is 0.0725. The quantitative estimate of drug-likeness (QED) is 0.781. The van der Waals surface area contributed by atoms with E-state index in [-0.39, 0.29) is 11.3 Å². The molecule has 6 heteroatoms. The van der Waals surface area contributed by atoms with Crippen LogP contribution in [-0.4, -0.2) is 16.9 Å². The van der Waals surface area contributed by atoms with Crippen LogP contribution in [-0.2, 0) is 4.79 Å². The van der Waals surface area contributed by atoms with Crippen molar-refractivity contribution in [2.75, 3.05) is 5.32 Å². The SMILES string of the molecule is O=C1C=CC(Nc2ccccc2N=Nc2ccc(C(=O)O)cc2)=CC1. The zero-order valence-electron chi connectivity index (χ0n) is 13.2. The number of allylic oxidation sites excluding steroid dienone is 3. The highest BCUT2D eigenvalue weighted by molar-refractivity contribution is 5.93. The lowest BCUT2D eigenvalue weighted by molar-refractivity contribution is -0.113. The Labute approximate surface area is 144 Å². The van der Waals surface area contributed by atoms with Crippen LogP contribution in [0.25, 0.3) is 0 Å². The number of azo groups is 1. The van der Waals surface area contributed by atoms with Crippen LogP contribution in [0.4, 0.5) is 17.1 Å². The summed E-state index contributed by atoms with van der Waals surface area (Å²) in [6.45, 7) is 0. The number of carboxylic acids is 1. The maximum absolute atomic E-state index is 11.2. The predicted molar refractivity (Wildman–Crippen MR) is 94.5 cm³/mol. The minimum Gasteiger partial charge on any atom is -0.478 e. The largest absolute Gasteiger partial charge is 0.478 e. The standard InChI is InChI=1S/C19H15N3O3/c23-16-11-9-14(10-12-16)20-17-3-1-2-4-18(17)22-21-15-7-5-13(6-8-15)19(24)25/h1-11,20H,12H2,(H,24,25). The number of carboxylic acid groups (broad SMARTS) is 1. The zero-order valence-corrected chi connectivity index (χ0v) is 13.2. The molecule has 1 aliphatic carbocycles. The molecule has 124 valence electrons. The van der Waals surface area contributed by atoms with Gasteiger partial charge in [-0.25, -0.2) is 4.79 Å². The summed E-state index contributed by atoms with van der Waals surface area (Å²) >= 11 is 0. The number of benzene rings is 2. The molecule has 0 unspecified atom stereocenters. The van der Waals surface area contributed by atoms with Crippen molar-refractivity contribution in [3.05, 3.63) is 78.0 Å². The summed E-state index contributed by atoms with van der Waals surface area (Å²) in [5.41, 5.74) is 2.98. The monoisotopic (exact) mass is 333 g/mol. The third kappa shape index (κ3) is 4.26. The first-order chi connectivity index (χ1) is 12.1. The van der Waals surface area contributed by atoms with Gasteiger partial charge >= 0.3 is 5.97 Å². The van der Waals surface area contributed by atoms with Crippen LogP contribution in [0, 0.1) is 0 Å². The van der Waals surface area contributed by atoms with E-state index in [9.17, 15) is 9.59 Å². The predicted octanol–water partition coefficient (Wildman–Crippen LogP) is 4.63. The maximum atomic E-state index is 11.2. The summed E-state index contributed by atoms with van der Waals surface area (Å²) in [7, 11) is 0. The summed E-state index contributed by atoms with van der Waals surface area (Å²) in [6.07, 6.45) is 5.46. The second-order valence-corrected chi connectivity index (χ2v) is 5.36. The Morgan fingerprint density at radius 3 is 2.44 bits per heavy atom. The van der Waals surface area contributed by atoms with E-state index in [1.165, 1.54) is 18.2 Å². The van der Waals surface area contributed by atoms with E-state index < -0.39 is 5.97 Å². The van der Waals surface area contributed by atoms with Crippen LogP contribution >= 0.6 is 0 Å². The van der Waals surface area contributed by atoms with E-state index in [4.69, 9.17) is 5.11 Å². The van der Waals surface area contributed by atoms with Crippen LogP contribution in [0.15, 0.2) is 82.7 Å². The fourth-order valence-electron chi connectivity index (χ4n) is 2.23. The molecule has 25 heavy (non-hydrogen) atoms. The number of rotatable bonds is 5. The summed E-state index contributed by atoms with van der Waals surface area (Å²) in [4.78, 5) is 22.1. The highest BCUT2D eigenvalue weighted by Gasteiger charge is 2.06. The number of carbonyl (C=O) groups excluding carboxylic acids is 1. The normalized spacial score (nSPS) is 13.8. The molecule has 0 fully saturated rings. The number of hydrogen-bond acceptors (Lipinski definition) is 5. The first-order valence-electron chi connectivity index (χ1n) is 7.64. The van der Waals surface area contributed by atoms with Gasteiger partial charge in [0.2, 0.25) is 0 Å². The summed E-state index contributed by atoms with van der Waals surface area (Å²) < 4.78 is 0. The molecule has 2 N–H and O–H groups in total. The Morgan fingerprint density at radius 2 is 1.76 bits per heavy atom. The molecular weight excluding hydrogens is 318 g/mol. The van der Waals surface area contributed by atoms with Gasteiger partial charge in [0.15, 0.2) is 5.78 Å². The van der Waals surface area contributed by atoms with E-state index in [0.29, 0.717) is 17.8 Å². The fraction of sp³-hybridized carbons (Fsp3) is 0.0526. The van der Waals surface area contributed by atoms with E-state index in [1.54, 1.807) is 18.2 Å². The molecule has 0 bridgehead atoms. The van der Waals surface area contributed by atoms with Gasteiger partial charge in [0.25, 0.3) is 0 Å². The van der Waals surface area contributed by atoms with Gasteiger partial charge in [-0.3, -0.25) is 4.79 Å². The highest BCUT2D eigenvalue weighted by atomic mass is 16.4. The Balaban J connectivity index is 1.77. The summed E-state index contributed by atoms with van der Waals surface area (Å²) in [6, 6.07) is 13.6. The van der Waals surface area contributed by atoms with Crippen molar-refractivity contribution >= 4 is 28.8 Å². The van der Waals surface area contributed by atoms with Crippen LogP contribution < -0.4 is 5.32 Å². The zero-order chi connectivity index (χ0) is 17.6. The van der Waals surface area contributed by atoms with E-state index >= 15 is 0 Å². The molecule has 0 atom stereocenters. The maximum Gasteiger partial charge on any atom is 0.335 e. The van der Waals surface area contributed by atoms with Gasteiger partial charge in [-0.05, 0) is 48.6 Å². The lowest BCUT2D eigenvalue weighted by Gasteiger charge is -2.11. The number of hydrogen-bond donors (Lipinski definition) is 2. The molecule has 0 saturated carbocycles. The van der Waals surface area contributed by atoms with Gasteiger partial charge in [0.05, 0.1) is 16.9 Å². The lowest BCUT2D eigenvalue weighted by Crippen LogP contribution is -2.03. The second-order valence-electron chi connectivity index (χ2n) is 5.36. The highest BCUT2D eigenvalue weighted by Crippen LogP contribution is 2.28. The fourth-order valence-corrected chi connectivity index (χ4v) is 2.23. The van der Waals surface area contributed by atoms with Gasteiger partial charge in [-0.2, -0.15) is 5.11 Å². The second kappa shape index (κ2) is 7.35. The van der Waals surface area contributed by atoms with Crippen molar-refractivity contribution in [2.24, 2.45) is 10.2 Å². The molecular formula is C19H15N3O3. The molecule has 2 aromatic rings. The van der Waals surface area contributed by atoms with Crippen molar-refractivity contribution < 1.29 is 14.7 Å². The molecule has 1 aliphatic rings. The number of nitrogens with one attached hydrogen (secondary N) is 1. The third-order valence-corrected chi connectivity index (χ3v) is 3.54. The van der Waals surface area contributed by atoms with Crippen molar-refractivity contribution in [2.45, 2.75) is 6.42 Å². The first-order valence-corrected chi connectivity index (χ1v) is 7.64. The van der Waals surface area contributed by atoms with Crippen LogP contribution in [0.5, 0.6) is 0 Å². The molecule has 0 heterocycles. The number of nitrogens with zero attached hydrogens (tertiary/aromatic N) is 2. The van der Waals surface area contributed by atoms with E-state index in [1.807, 2.05) is 30.3 Å². The van der Waals surface area contributed by atoms with Crippen molar-refractivity contribution in [3.63, 3.8) is 0 Å². The van der Waals surface area contributed by atoms with Crippen LogP contribution in [0.2, 0.25) is 0 Å². The Morgan fingerprint density at radius 1 is 1.00 bits per heavy atom. The van der Waals surface area contributed by atoms with Gasteiger partial charge in [0, 0.05) is 12.1 Å². The molecule has 2 aromatic carbocycles. The average molecular weight is 333 g/mol. The smallest absolute Gasteiger partial charge is 0.335 e. The average Bonchev–Trinajstić information content (AvgIpc) is 2.63. The Kier molecular flexibility index (Phi) is 4.80. The number of anilines is 1. The number of aromatic carboxylic acids is 1. The van der Waals surface area contributed by atoms with Crippen molar-refractivity contribution in [1.82, 2.24) is 0 Å².